The lowest BCUT2D eigenvalue weighted by molar-refractivity contribution is 0.0690. The molecule has 0 spiro atoms. The molecule has 0 aliphatic heterocycles. The van der Waals surface area contributed by atoms with Crippen molar-refractivity contribution in [1.29, 1.82) is 0 Å². The Morgan fingerprint density at radius 2 is 2.05 bits per heavy atom. The predicted molar refractivity (Wildman–Crippen MR) is 68.6 cm³/mol. The van der Waals surface area contributed by atoms with E-state index < -0.39 is 17.3 Å². The third kappa shape index (κ3) is 1.68. The second-order valence-corrected chi connectivity index (χ2v) is 4.09. The molecule has 0 saturated heterocycles. The first-order valence-corrected chi connectivity index (χ1v) is 5.68. The first-order valence-electron chi connectivity index (χ1n) is 5.68. The van der Waals surface area contributed by atoms with Crippen molar-refractivity contribution in [1.82, 2.24) is 14.8 Å². The highest BCUT2D eigenvalue weighted by molar-refractivity contribution is 5.99. The number of nitrogens with one attached hydrogen (secondary N) is 1. The van der Waals surface area contributed by atoms with Gasteiger partial charge in [-0.25, -0.2) is 9.18 Å². The van der Waals surface area contributed by atoms with E-state index in [0.717, 1.165) is 4.68 Å². The van der Waals surface area contributed by atoms with Crippen molar-refractivity contribution in [2.45, 2.75) is 0 Å². The lowest BCUT2D eigenvalue weighted by Gasteiger charge is -2.07. The Balaban J connectivity index is 2.43. The molecule has 0 aliphatic rings. The molecule has 0 fully saturated rings. The van der Waals surface area contributed by atoms with E-state index in [-0.39, 0.29) is 22.3 Å². The maximum absolute atomic E-state index is 13.8. The molecule has 0 atom stereocenters. The van der Waals surface area contributed by atoms with Gasteiger partial charge in [0.2, 0.25) is 0 Å². The summed E-state index contributed by atoms with van der Waals surface area (Å²) in [7, 11) is 0. The van der Waals surface area contributed by atoms with E-state index in [0.29, 0.717) is 0 Å². The van der Waals surface area contributed by atoms with Crippen LogP contribution in [0, 0.1) is 5.82 Å². The molecule has 20 heavy (non-hydrogen) atoms. The van der Waals surface area contributed by atoms with Crippen molar-refractivity contribution >= 4 is 16.9 Å². The minimum Gasteiger partial charge on any atom is -0.476 e. The minimum atomic E-state index is -1.30. The lowest BCUT2D eigenvalue weighted by Crippen LogP contribution is -2.25. The van der Waals surface area contributed by atoms with Crippen LogP contribution in [0.2, 0.25) is 0 Å². The quantitative estimate of drug-likeness (QED) is 0.741. The van der Waals surface area contributed by atoms with Gasteiger partial charge in [0.05, 0.1) is 10.9 Å². The number of hydrogen-bond donors (Lipinski definition) is 2. The summed E-state index contributed by atoms with van der Waals surface area (Å²) in [6.45, 7) is 0. The van der Waals surface area contributed by atoms with E-state index in [1.807, 2.05) is 0 Å². The van der Waals surface area contributed by atoms with Gasteiger partial charge in [-0.15, -0.1) is 0 Å². The van der Waals surface area contributed by atoms with Crippen molar-refractivity contribution in [3.05, 3.63) is 58.4 Å². The summed E-state index contributed by atoms with van der Waals surface area (Å²) >= 11 is 0. The van der Waals surface area contributed by atoms with Crippen LogP contribution in [0.25, 0.3) is 16.6 Å². The second kappa shape index (κ2) is 4.30. The lowest BCUT2D eigenvalue weighted by atomic mass is 10.2. The topological polar surface area (TPSA) is 88.0 Å². The Kier molecular flexibility index (Phi) is 2.60. The molecule has 0 bridgehead atoms. The Morgan fingerprint density at radius 3 is 2.75 bits per heavy atom. The Bertz CT molecular complexity index is 882. The summed E-state index contributed by atoms with van der Waals surface area (Å²) in [5.41, 5.74) is -0.901. The van der Waals surface area contributed by atoms with Gasteiger partial charge >= 0.3 is 5.97 Å². The van der Waals surface area contributed by atoms with Gasteiger partial charge in [-0.1, -0.05) is 12.1 Å². The smallest absolute Gasteiger partial charge is 0.358 e. The minimum absolute atomic E-state index is 0.0944. The Morgan fingerprint density at radius 1 is 1.30 bits per heavy atom. The van der Waals surface area contributed by atoms with Crippen molar-refractivity contribution < 1.29 is 14.3 Å². The highest BCUT2D eigenvalue weighted by atomic mass is 19.1. The van der Waals surface area contributed by atoms with Crippen LogP contribution in [0.1, 0.15) is 10.5 Å². The number of fused-ring (bicyclic) bond motifs is 1. The zero-order valence-electron chi connectivity index (χ0n) is 10.0. The average molecular weight is 273 g/mol. The molecule has 7 heteroatoms. The van der Waals surface area contributed by atoms with Crippen LogP contribution in [0.5, 0.6) is 0 Å². The Labute approximate surface area is 111 Å². The SMILES string of the molecule is O=C(O)c1nn(-c2ccccc2F)c(=O)c2cc[nH]c12. The molecule has 1 aromatic carbocycles. The van der Waals surface area contributed by atoms with Gasteiger partial charge < -0.3 is 10.1 Å². The molecule has 2 N–H and O–H groups in total. The van der Waals surface area contributed by atoms with Gasteiger partial charge in [0.1, 0.15) is 11.5 Å². The van der Waals surface area contributed by atoms with Crippen molar-refractivity contribution in [2.24, 2.45) is 0 Å². The standard InChI is InChI=1S/C13H8FN3O3/c14-8-3-1-2-4-9(8)17-12(18)7-5-6-15-10(7)11(16-17)13(19)20/h1-6,15H,(H,19,20). The number of hydrogen-bond acceptors (Lipinski definition) is 3. The van der Waals surface area contributed by atoms with Gasteiger partial charge in [0.15, 0.2) is 5.69 Å². The first kappa shape index (κ1) is 12.1. The van der Waals surface area contributed by atoms with Gasteiger partial charge in [-0.3, -0.25) is 4.79 Å². The summed E-state index contributed by atoms with van der Waals surface area (Å²) in [6.07, 6.45) is 1.44. The van der Waals surface area contributed by atoms with Crippen LogP contribution in [0.4, 0.5) is 4.39 Å². The number of carbonyl (C=O) groups is 1. The highest BCUT2D eigenvalue weighted by Gasteiger charge is 2.18. The molecule has 0 radical (unpaired) electrons. The second-order valence-electron chi connectivity index (χ2n) is 4.09. The predicted octanol–water partition coefficient (Wildman–Crippen LogP) is 1.55. The fourth-order valence-corrected chi connectivity index (χ4v) is 1.99. The third-order valence-electron chi connectivity index (χ3n) is 2.89. The Hall–Kier alpha value is -2.96. The monoisotopic (exact) mass is 273 g/mol. The summed E-state index contributed by atoms with van der Waals surface area (Å²) in [6, 6.07) is 6.97. The summed E-state index contributed by atoms with van der Waals surface area (Å²) in [5.74, 6) is -1.96. The van der Waals surface area contributed by atoms with Gasteiger partial charge in [0.25, 0.3) is 5.56 Å². The number of para-hydroxylation sites is 1. The van der Waals surface area contributed by atoms with E-state index in [1.165, 1.54) is 36.5 Å². The van der Waals surface area contributed by atoms with E-state index in [9.17, 15) is 14.0 Å². The van der Waals surface area contributed by atoms with E-state index >= 15 is 0 Å². The van der Waals surface area contributed by atoms with Gasteiger partial charge in [0, 0.05) is 6.20 Å². The zero-order chi connectivity index (χ0) is 14.3. The number of H-pyrrole nitrogens is 1. The maximum atomic E-state index is 13.8. The number of benzene rings is 1. The summed E-state index contributed by atoms with van der Waals surface area (Å²) < 4.78 is 14.5. The fourth-order valence-electron chi connectivity index (χ4n) is 1.99. The molecule has 6 nitrogen and oxygen atoms in total. The van der Waals surface area contributed by atoms with Crippen LogP contribution in [0.3, 0.4) is 0 Å². The number of aromatic amines is 1. The van der Waals surface area contributed by atoms with Crippen LogP contribution in [0.15, 0.2) is 41.3 Å². The molecule has 0 amide bonds. The van der Waals surface area contributed by atoms with Crippen molar-refractivity contribution in [3.8, 4) is 5.69 Å². The molecule has 0 unspecified atom stereocenters. The average Bonchev–Trinajstić information content (AvgIpc) is 2.90. The summed E-state index contributed by atoms with van der Waals surface area (Å²) in [4.78, 5) is 26.1. The normalized spacial score (nSPS) is 10.8. The molecule has 2 aromatic heterocycles. The number of carboxylic acid groups (broad SMARTS) is 1. The van der Waals surface area contributed by atoms with Gasteiger partial charge in [-0.05, 0) is 18.2 Å². The largest absolute Gasteiger partial charge is 0.476 e. The molecule has 3 rings (SSSR count). The first-order chi connectivity index (χ1) is 9.59. The molecule has 2 heterocycles. The number of aromatic nitrogens is 3. The fraction of sp³-hybridized carbons (Fsp3) is 0. The van der Waals surface area contributed by atoms with Crippen LogP contribution in [-0.4, -0.2) is 25.8 Å². The molecular formula is C13H8FN3O3. The molecule has 3 aromatic rings. The van der Waals surface area contributed by atoms with Crippen LogP contribution < -0.4 is 5.56 Å². The highest BCUT2D eigenvalue weighted by Crippen LogP contribution is 2.15. The van der Waals surface area contributed by atoms with Crippen LogP contribution >= 0.6 is 0 Å². The van der Waals surface area contributed by atoms with E-state index in [4.69, 9.17) is 5.11 Å². The number of carboxylic acids is 1. The zero-order valence-corrected chi connectivity index (χ0v) is 10.0. The van der Waals surface area contributed by atoms with E-state index in [1.54, 1.807) is 0 Å². The number of rotatable bonds is 2. The van der Waals surface area contributed by atoms with Crippen LogP contribution in [-0.2, 0) is 0 Å². The third-order valence-corrected chi connectivity index (χ3v) is 2.89. The van der Waals surface area contributed by atoms with Crippen molar-refractivity contribution in [3.63, 3.8) is 0 Å². The summed E-state index contributed by atoms with van der Waals surface area (Å²) in [5, 5.41) is 13.0. The molecule has 100 valence electrons. The van der Waals surface area contributed by atoms with Crippen molar-refractivity contribution in [2.75, 3.05) is 0 Å². The van der Waals surface area contributed by atoms with Gasteiger partial charge in [-0.2, -0.15) is 9.78 Å². The number of halogens is 1. The molecule has 0 aliphatic carbocycles. The maximum Gasteiger partial charge on any atom is 0.358 e. The number of aromatic carboxylic acids is 1. The molecular weight excluding hydrogens is 265 g/mol. The van der Waals surface area contributed by atoms with E-state index in [2.05, 4.69) is 10.1 Å². The number of nitrogens with zero attached hydrogens (tertiary/aromatic N) is 2. The molecule has 0 saturated carbocycles.